The quantitative estimate of drug-likeness (QED) is 0.566. The SMILES string of the molecule is O=C1OCc2c(N=Cc3ccc(C(=O)N4CCN(C(=O)C5CC5)CC4)cc3)cccc21. The second-order valence-electron chi connectivity index (χ2n) is 8.15. The van der Waals surface area contributed by atoms with Gasteiger partial charge in [0.2, 0.25) is 5.91 Å². The van der Waals surface area contributed by atoms with Crippen LogP contribution in [0.4, 0.5) is 5.69 Å². The standard InChI is InChI=1S/C24H23N3O4/c28-22(26-10-12-27(13-11-26)23(29)18-8-9-18)17-6-4-16(5-7-17)14-25-21-3-1-2-19-20(21)15-31-24(19)30/h1-7,14,18H,8-13,15H2. The molecule has 0 bridgehead atoms. The molecule has 2 aromatic rings. The highest BCUT2D eigenvalue weighted by Gasteiger charge is 2.35. The van der Waals surface area contributed by atoms with E-state index in [0.29, 0.717) is 43.0 Å². The summed E-state index contributed by atoms with van der Waals surface area (Å²) in [5, 5.41) is 0. The lowest BCUT2D eigenvalue weighted by molar-refractivity contribution is -0.134. The minimum atomic E-state index is -0.312. The van der Waals surface area contributed by atoms with Crippen molar-refractivity contribution in [3.63, 3.8) is 0 Å². The molecule has 2 heterocycles. The number of amides is 2. The number of esters is 1. The molecule has 0 N–H and O–H groups in total. The lowest BCUT2D eigenvalue weighted by Crippen LogP contribution is -2.51. The van der Waals surface area contributed by atoms with Gasteiger partial charge in [0.25, 0.3) is 5.91 Å². The van der Waals surface area contributed by atoms with E-state index in [1.54, 1.807) is 30.5 Å². The summed E-state index contributed by atoms with van der Waals surface area (Å²) in [6.07, 6.45) is 3.73. The summed E-state index contributed by atoms with van der Waals surface area (Å²) in [4.78, 5) is 44.9. The molecule has 0 radical (unpaired) electrons. The summed E-state index contributed by atoms with van der Waals surface area (Å²) in [7, 11) is 0. The Kier molecular flexibility index (Phi) is 5.02. The van der Waals surface area contributed by atoms with Crippen molar-refractivity contribution in [2.75, 3.05) is 26.2 Å². The zero-order valence-electron chi connectivity index (χ0n) is 17.1. The molecule has 1 aliphatic carbocycles. The fourth-order valence-electron chi connectivity index (χ4n) is 4.01. The fraction of sp³-hybridized carbons (Fsp3) is 0.333. The van der Waals surface area contributed by atoms with E-state index in [2.05, 4.69) is 4.99 Å². The van der Waals surface area contributed by atoms with Gasteiger partial charge in [0.05, 0.1) is 11.3 Å². The first kappa shape index (κ1) is 19.5. The third kappa shape index (κ3) is 3.95. The van der Waals surface area contributed by atoms with E-state index in [0.717, 1.165) is 24.0 Å². The first-order valence-corrected chi connectivity index (χ1v) is 10.6. The Morgan fingerprint density at radius 2 is 1.68 bits per heavy atom. The van der Waals surface area contributed by atoms with Crippen LogP contribution in [0.1, 0.15) is 44.7 Å². The van der Waals surface area contributed by atoms with E-state index in [9.17, 15) is 14.4 Å². The molecule has 3 aliphatic rings. The largest absolute Gasteiger partial charge is 0.457 e. The Morgan fingerprint density at radius 3 is 2.39 bits per heavy atom. The molecule has 0 spiro atoms. The maximum Gasteiger partial charge on any atom is 0.338 e. The van der Waals surface area contributed by atoms with E-state index < -0.39 is 0 Å². The van der Waals surface area contributed by atoms with E-state index in [1.807, 2.05) is 28.0 Å². The van der Waals surface area contributed by atoms with E-state index in [-0.39, 0.29) is 30.3 Å². The van der Waals surface area contributed by atoms with E-state index >= 15 is 0 Å². The number of fused-ring (bicyclic) bond motifs is 1. The van der Waals surface area contributed by atoms with Gasteiger partial charge in [-0.15, -0.1) is 0 Å². The monoisotopic (exact) mass is 417 g/mol. The molecule has 31 heavy (non-hydrogen) atoms. The predicted molar refractivity (Wildman–Crippen MR) is 114 cm³/mol. The average Bonchev–Trinajstić information content (AvgIpc) is 3.60. The van der Waals surface area contributed by atoms with Crippen LogP contribution in [0.15, 0.2) is 47.5 Å². The van der Waals surface area contributed by atoms with Crippen LogP contribution in [0.2, 0.25) is 0 Å². The lowest BCUT2D eigenvalue weighted by Gasteiger charge is -2.35. The van der Waals surface area contributed by atoms with Crippen molar-refractivity contribution in [3.05, 3.63) is 64.7 Å². The molecular weight excluding hydrogens is 394 g/mol. The number of nitrogens with zero attached hydrogens (tertiary/aromatic N) is 3. The minimum Gasteiger partial charge on any atom is -0.457 e. The predicted octanol–water partition coefficient (Wildman–Crippen LogP) is 2.80. The average molecular weight is 417 g/mol. The molecule has 0 unspecified atom stereocenters. The minimum absolute atomic E-state index is 0.0152. The number of aliphatic imine (C=N–C) groups is 1. The number of rotatable bonds is 4. The summed E-state index contributed by atoms with van der Waals surface area (Å²) < 4.78 is 5.07. The Labute approximate surface area is 180 Å². The van der Waals surface area contributed by atoms with Crippen molar-refractivity contribution in [2.45, 2.75) is 19.4 Å². The highest BCUT2D eigenvalue weighted by Crippen LogP contribution is 2.31. The van der Waals surface area contributed by atoms with Gasteiger partial charge in [0.15, 0.2) is 0 Å². The van der Waals surface area contributed by atoms with Gasteiger partial charge in [-0.1, -0.05) is 18.2 Å². The number of carbonyl (C=O) groups excluding carboxylic acids is 3. The smallest absolute Gasteiger partial charge is 0.338 e. The van der Waals surface area contributed by atoms with Crippen molar-refractivity contribution in [3.8, 4) is 0 Å². The molecule has 2 aliphatic heterocycles. The summed E-state index contributed by atoms with van der Waals surface area (Å²) >= 11 is 0. The van der Waals surface area contributed by atoms with Gasteiger partial charge in [-0.3, -0.25) is 14.6 Å². The van der Waals surface area contributed by atoms with Crippen LogP contribution < -0.4 is 0 Å². The number of hydrogen-bond donors (Lipinski definition) is 0. The van der Waals surface area contributed by atoms with Crippen molar-refractivity contribution in [2.24, 2.45) is 10.9 Å². The number of cyclic esters (lactones) is 1. The summed E-state index contributed by atoms with van der Waals surface area (Å²) in [5.41, 5.74) is 3.56. The maximum atomic E-state index is 12.8. The highest BCUT2D eigenvalue weighted by molar-refractivity contribution is 5.96. The fourth-order valence-corrected chi connectivity index (χ4v) is 4.01. The number of hydrogen-bond acceptors (Lipinski definition) is 5. The zero-order valence-corrected chi connectivity index (χ0v) is 17.1. The van der Waals surface area contributed by atoms with Crippen LogP contribution in [0, 0.1) is 5.92 Å². The molecule has 7 heteroatoms. The summed E-state index contributed by atoms with van der Waals surface area (Å²) in [6, 6.07) is 12.7. The molecule has 2 fully saturated rings. The van der Waals surface area contributed by atoms with Gasteiger partial charge in [-0.2, -0.15) is 0 Å². The van der Waals surface area contributed by atoms with Gasteiger partial charge < -0.3 is 14.5 Å². The van der Waals surface area contributed by atoms with E-state index in [1.165, 1.54) is 0 Å². The van der Waals surface area contributed by atoms with Crippen molar-refractivity contribution >= 4 is 29.7 Å². The normalized spacial score (nSPS) is 18.3. The highest BCUT2D eigenvalue weighted by atomic mass is 16.5. The zero-order chi connectivity index (χ0) is 21.4. The van der Waals surface area contributed by atoms with Crippen LogP contribution in [-0.2, 0) is 16.1 Å². The van der Waals surface area contributed by atoms with Crippen LogP contribution in [-0.4, -0.2) is 60.0 Å². The Balaban J connectivity index is 1.21. The molecule has 1 saturated heterocycles. The molecule has 7 nitrogen and oxygen atoms in total. The second-order valence-corrected chi connectivity index (χ2v) is 8.15. The van der Waals surface area contributed by atoms with Gasteiger partial charge in [0, 0.05) is 49.4 Å². The molecule has 2 amide bonds. The topological polar surface area (TPSA) is 79.3 Å². The van der Waals surface area contributed by atoms with Crippen molar-refractivity contribution < 1.29 is 19.1 Å². The second kappa shape index (κ2) is 7.98. The van der Waals surface area contributed by atoms with Gasteiger partial charge in [-0.25, -0.2) is 4.79 Å². The van der Waals surface area contributed by atoms with Crippen molar-refractivity contribution in [1.29, 1.82) is 0 Å². The molecule has 0 atom stereocenters. The van der Waals surface area contributed by atoms with Crippen LogP contribution in [0.5, 0.6) is 0 Å². The Hall–Kier alpha value is -3.48. The molecule has 158 valence electrons. The third-order valence-electron chi connectivity index (χ3n) is 6.03. The van der Waals surface area contributed by atoms with Crippen LogP contribution in [0.3, 0.4) is 0 Å². The van der Waals surface area contributed by atoms with Gasteiger partial charge in [0.1, 0.15) is 6.61 Å². The molecule has 1 saturated carbocycles. The molecule has 2 aromatic carbocycles. The lowest BCUT2D eigenvalue weighted by atomic mass is 10.1. The molecule has 5 rings (SSSR count). The molecule has 0 aromatic heterocycles. The first-order valence-electron chi connectivity index (χ1n) is 10.6. The molecular formula is C24H23N3O4. The van der Waals surface area contributed by atoms with Crippen LogP contribution >= 0.6 is 0 Å². The number of benzene rings is 2. The third-order valence-corrected chi connectivity index (χ3v) is 6.03. The number of carbonyl (C=O) groups is 3. The number of ether oxygens (including phenoxy) is 1. The number of piperazine rings is 1. The maximum absolute atomic E-state index is 12.8. The van der Waals surface area contributed by atoms with Gasteiger partial charge >= 0.3 is 5.97 Å². The summed E-state index contributed by atoms with van der Waals surface area (Å²) in [6.45, 7) is 2.61. The van der Waals surface area contributed by atoms with Crippen molar-refractivity contribution in [1.82, 2.24) is 9.80 Å². The first-order chi connectivity index (χ1) is 15.1. The Morgan fingerprint density at radius 1 is 0.968 bits per heavy atom. The van der Waals surface area contributed by atoms with E-state index in [4.69, 9.17) is 4.74 Å². The summed E-state index contributed by atoms with van der Waals surface area (Å²) in [5.74, 6) is 0.142. The Bertz CT molecular complexity index is 1060. The van der Waals surface area contributed by atoms with Gasteiger partial charge in [-0.05, 0) is 42.7 Å². The van der Waals surface area contributed by atoms with Crippen LogP contribution in [0.25, 0.3) is 0 Å².